The van der Waals surface area contributed by atoms with Crippen LogP contribution < -0.4 is 0 Å². The maximum atomic E-state index is 4.31. The van der Waals surface area contributed by atoms with Crippen molar-refractivity contribution in [1.29, 1.82) is 0 Å². The second-order valence-electron chi connectivity index (χ2n) is 5.77. The Morgan fingerprint density at radius 1 is 1.33 bits per heavy atom. The van der Waals surface area contributed by atoms with Gasteiger partial charge in [-0.2, -0.15) is 5.10 Å². The molecule has 1 unspecified atom stereocenters. The lowest BCUT2D eigenvalue weighted by molar-refractivity contribution is 0.316. The van der Waals surface area contributed by atoms with Gasteiger partial charge < -0.3 is 0 Å². The summed E-state index contributed by atoms with van der Waals surface area (Å²) in [7, 11) is 1.34. The largest absolute Gasteiger partial charge is 0.282 e. The number of rotatable bonds is 3. The third-order valence-corrected chi connectivity index (χ3v) is 4.73. The van der Waals surface area contributed by atoms with Crippen LogP contribution in [-0.4, -0.2) is 40.8 Å². The van der Waals surface area contributed by atoms with Crippen LogP contribution in [0.25, 0.3) is 11.1 Å². The summed E-state index contributed by atoms with van der Waals surface area (Å²) in [6, 6.07) is 8.73. The van der Waals surface area contributed by atoms with Gasteiger partial charge >= 0.3 is 0 Å². The topological polar surface area (TPSA) is 31.9 Å². The van der Waals surface area contributed by atoms with E-state index in [1.165, 1.54) is 50.0 Å². The molecule has 0 saturated carbocycles. The Morgan fingerprint density at radius 2 is 2.14 bits per heavy atom. The molecule has 1 saturated heterocycles. The number of nitrogens with zero attached hydrogens (tertiary/aromatic N) is 2. The monoisotopic (exact) mass is 299 g/mol. The van der Waals surface area contributed by atoms with E-state index in [-0.39, 0.29) is 0 Å². The van der Waals surface area contributed by atoms with E-state index in [1.54, 1.807) is 0 Å². The van der Waals surface area contributed by atoms with E-state index in [2.05, 4.69) is 58.9 Å². The van der Waals surface area contributed by atoms with Gasteiger partial charge in [0.2, 0.25) is 0 Å². The SMILES string of the molecule is CP=CN1CCCC(c2[nH]ncc2-c2ccc(C)cc2)C1. The molecule has 2 aromatic rings. The molecule has 1 atom stereocenters. The van der Waals surface area contributed by atoms with Crippen molar-refractivity contribution in [3.63, 3.8) is 0 Å². The average molecular weight is 299 g/mol. The fourth-order valence-electron chi connectivity index (χ4n) is 3.08. The summed E-state index contributed by atoms with van der Waals surface area (Å²) in [4.78, 5) is 2.45. The third kappa shape index (κ3) is 3.25. The zero-order valence-corrected chi connectivity index (χ0v) is 13.6. The van der Waals surface area contributed by atoms with Gasteiger partial charge in [-0.3, -0.25) is 10.00 Å². The van der Waals surface area contributed by atoms with Crippen molar-refractivity contribution < 1.29 is 0 Å². The Morgan fingerprint density at radius 3 is 2.90 bits per heavy atom. The normalized spacial score (nSPS) is 20.2. The maximum absolute atomic E-state index is 4.31. The van der Waals surface area contributed by atoms with Crippen molar-refractivity contribution >= 4 is 14.1 Å². The average Bonchev–Trinajstić information content (AvgIpc) is 2.98. The van der Waals surface area contributed by atoms with Crippen LogP contribution in [-0.2, 0) is 0 Å². The molecule has 0 amide bonds. The van der Waals surface area contributed by atoms with Crippen LogP contribution in [0.4, 0.5) is 0 Å². The van der Waals surface area contributed by atoms with Gasteiger partial charge in [0.25, 0.3) is 0 Å². The molecule has 1 N–H and O–H groups in total. The zero-order valence-electron chi connectivity index (χ0n) is 12.7. The fourth-order valence-corrected chi connectivity index (χ4v) is 3.62. The second-order valence-corrected chi connectivity index (χ2v) is 6.52. The quantitative estimate of drug-likeness (QED) is 0.872. The zero-order chi connectivity index (χ0) is 14.7. The minimum Gasteiger partial charge on any atom is -0.282 e. The van der Waals surface area contributed by atoms with Crippen molar-refractivity contribution in [3.05, 3.63) is 41.7 Å². The number of hydrogen-bond donors (Lipinski definition) is 1. The highest BCUT2D eigenvalue weighted by atomic mass is 31.1. The summed E-state index contributed by atoms with van der Waals surface area (Å²) in [5, 5.41) is 7.57. The number of aromatic nitrogens is 2. The molecule has 1 fully saturated rings. The molecular formula is C17H22N3P. The first kappa shape index (κ1) is 14.5. The lowest BCUT2D eigenvalue weighted by atomic mass is 9.91. The van der Waals surface area contributed by atoms with Gasteiger partial charge in [0.1, 0.15) is 0 Å². The molecule has 1 aromatic carbocycles. The van der Waals surface area contributed by atoms with E-state index in [0.29, 0.717) is 5.92 Å². The first-order valence-electron chi connectivity index (χ1n) is 7.54. The minimum absolute atomic E-state index is 0.551. The molecule has 0 radical (unpaired) electrons. The summed E-state index contributed by atoms with van der Waals surface area (Å²) in [6.07, 6.45) is 4.47. The molecule has 110 valence electrons. The Labute approximate surface area is 128 Å². The highest BCUT2D eigenvalue weighted by molar-refractivity contribution is 7.37. The van der Waals surface area contributed by atoms with E-state index in [9.17, 15) is 0 Å². The van der Waals surface area contributed by atoms with Crippen LogP contribution in [0.2, 0.25) is 0 Å². The second kappa shape index (κ2) is 6.55. The van der Waals surface area contributed by atoms with E-state index in [1.807, 2.05) is 6.20 Å². The van der Waals surface area contributed by atoms with Crippen LogP contribution >= 0.6 is 8.20 Å². The van der Waals surface area contributed by atoms with Crippen LogP contribution in [0.15, 0.2) is 30.5 Å². The molecule has 0 bridgehead atoms. The number of piperidine rings is 1. The van der Waals surface area contributed by atoms with Gasteiger partial charge in [0, 0.05) is 36.2 Å². The van der Waals surface area contributed by atoms with Crippen molar-refractivity contribution in [1.82, 2.24) is 15.1 Å². The van der Waals surface area contributed by atoms with E-state index >= 15 is 0 Å². The highest BCUT2D eigenvalue weighted by Gasteiger charge is 2.24. The molecule has 1 aliphatic heterocycles. The van der Waals surface area contributed by atoms with Crippen LogP contribution in [0.3, 0.4) is 0 Å². The van der Waals surface area contributed by atoms with Gasteiger partial charge in [-0.1, -0.05) is 38.0 Å². The molecule has 0 spiro atoms. The summed E-state index contributed by atoms with van der Waals surface area (Å²) >= 11 is 0. The summed E-state index contributed by atoms with van der Waals surface area (Å²) in [5.41, 5.74) is 5.11. The number of benzene rings is 1. The predicted molar refractivity (Wildman–Crippen MR) is 91.2 cm³/mol. The Balaban J connectivity index is 1.86. The van der Waals surface area contributed by atoms with Crippen molar-refractivity contribution in [3.8, 4) is 11.1 Å². The molecular weight excluding hydrogens is 277 g/mol. The first-order chi connectivity index (χ1) is 10.3. The van der Waals surface area contributed by atoms with Crippen molar-refractivity contribution in [2.75, 3.05) is 19.8 Å². The Hall–Kier alpha value is -1.44. The van der Waals surface area contributed by atoms with Crippen LogP contribution in [0.1, 0.15) is 30.0 Å². The Kier molecular flexibility index (Phi) is 4.52. The van der Waals surface area contributed by atoms with Gasteiger partial charge in [-0.25, -0.2) is 0 Å². The van der Waals surface area contributed by atoms with E-state index < -0.39 is 0 Å². The molecule has 3 rings (SSSR count). The number of aromatic amines is 1. The van der Waals surface area contributed by atoms with Gasteiger partial charge in [-0.15, -0.1) is 0 Å². The van der Waals surface area contributed by atoms with Gasteiger partial charge in [0.15, 0.2) is 0 Å². The standard InChI is InChI=1S/C17H22N3P/c1-13-5-7-14(8-6-13)16-10-18-19-17(16)15-4-3-9-20(11-15)12-21-2/h5-8,10,12,15H,3-4,9,11H2,1-2H3,(H,18,19). The highest BCUT2D eigenvalue weighted by Crippen LogP contribution is 2.32. The lowest BCUT2D eigenvalue weighted by Gasteiger charge is -2.30. The molecule has 0 aliphatic carbocycles. The lowest BCUT2D eigenvalue weighted by Crippen LogP contribution is -2.33. The minimum atomic E-state index is 0.551. The summed E-state index contributed by atoms with van der Waals surface area (Å²) < 4.78 is 0. The third-order valence-electron chi connectivity index (χ3n) is 4.17. The maximum Gasteiger partial charge on any atom is 0.0568 e. The number of hydrogen-bond acceptors (Lipinski definition) is 1. The molecule has 4 heteroatoms. The molecule has 2 heterocycles. The number of H-pyrrole nitrogens is 1. The van der Waals surface area contributed by atoms with Crippen molar-refractivity contribution in [2.24, 2.45) is 0 Å². The molecule has 3 nitrogen and oxygen atoms in total. The predicted octanol–water partition coefficient (Wildman–Crippen LogP) is 3.90. The number of likely N-dealkylation sites (tertiary alicyclic amines) is 1. The molecule has 1 aliphatic rings. The van der Waals surface area contributed by atoms with Crippen LogP contribution in [0.5, 0.6) is 0 Å². The first-order valence-corrected chi connectivity index (χ1v) is 8.95. The number of nitrogens with one attached hydrogen (secondary N) is 1. The van der Waals surface area contributed by atoms with E-state index in [0.717, 1.165) is 6.54 Å². The van der Waals surface area contributed by atoms with Gasteiger partial charge in [-0.05, 0) is 32.0 Å². The van der Waals surface area contributed by atoms with Crippen molar-refractivity contribution in [2.45, 2.75) is 25.7 Å². The summed E-state index contributed by atoms with van der Waals surface area (Å²) in [5.74, 6) is 2.85. The smallest absolute Gasteiger partial charge is 0.0568 e. The fraction of sp³-hybridized carbons (Fsp3) is 0.412. The van der Waals surface area contributed by atoms with Crippen LogP contribution in [0, 0.1) is 6.92 Å². The Bertz CT molecular complexity index is 615. The van der Waals surface area contributed by atoms with Gasteiger partial charge in [0.05, 0.1) is 6.20 Å². The summed E-state index contributed by atoms with van der Waals surface area (Å²) in [6.45, 7) is 6.59. The number of aryl methyl sites for hydroxylation is 1. The molecule has 1 aromatic heterocycles. The molecule has 21 heavy (non-hydrogen) atoms. The van der Waals surface area contributed by atoms with E-state index in [4.69, 9.17) is 0 Å².